The summed E-state index contributed by atoms with van der Waals surface area (Å²) in [6.07, 6.45) is 6.06. The molecule has 2 aromatic rings. The summed E-state index contributed by atoms with van der Waals surface area (Å²) in [5.74, 6) is 1.13. The fourth-order valence-electron chi connectivity index (χ4n) is 3.78. The van der Waals surface area contributed by atoms with Crippen LogP contribution in [0.25, 0.3) is 10.9 Å². The number of nitrogens with zero attached hydrogens (tertiary/aromatic N) is 1. The van der Waals surface area contributed by atoms with Crippen molar-refractivity contribution in [2.75, 3.05) is 20.3 Å². The second-order valence-electron chi connectivity index (χ2n) is 6.17. The van der Waals surface area contributed by atoms with Gasteiger partial charge in [0.2, 0.25) is 0 Å². The molecule has 1 aromatic carbocycles. The lowest BCUT2D eigenvalue weighted by Crippen LogP contribution is -2.34. The van der Waals surface area contributed by atoms with Crippen molar-refractivity contribution in [3.8, 4) is 5.75 Å². The van der Waals surface area contributed by atoms with Gasteiger partial charge in [0.1, 0.15) is 5.75 Å². The average Bonchev–Trinajstić information content (AvgIpc) is 3.03. The Morgan fingerprint density at radius 1 is 1.14 bits per heavy atom. The van der Waals surface area contributed by atoms with Gasteiger partial charge in [-0.1, -0.05) is 0 Å². The minimum absolute atomic E-state index is 0.295. The topological polar surface area (TPSA) is 40.6 Å². The maximum Gasteiger partial charge on any atom is 0.168 e. The first-order valence-electron chi connectivity index (χ1n) is 8.00. The Kier molecular flexibility index (Phi) is 3.51. The van der Waals surface area contributed by atoms with Gasteiger partial charge in [0.25, 0.3) is 0 Å². The van der Waals surface area contributed by atoms with E-state index in [9.17, 15) is 0 Å². The van der Waals surface area contributed by atoms with Crippen LogP contribution in [0.1, 0.15) is 37.2 Å². The molecule has 1 aromatic heterocycles. The first-order chi connectivity index (χ1) is 10.8. The summed E-state index contributed by atoms with van der Waals surface area (Å²) in [5.41, 5.74) is 2.41. The Hall–Kier alpha value is -1.65. The van der Waals surface area contributed by atoms with E-state index in [1.54, 1.807) is 7.11 Å². The molecule has 1 saturated carbocycles. The molecule has 4 nitrogen and oxygen atoms in total. The SMILES string of the molecule is COc1ccc2nccc(C3CCC4(CC3)OCCO4)c2c1. The molecular weight excluding hydrogens is 278 g/mol. The molecule has 0 atom stereocenters. The number of rotatable bonds is 2. The Morgan fingerprint density at radius 3 is 2.64 bits per heavy atom. The van der Waals surface area contributed by atoms with Gasteiger partial charge >= 0.3 is 0 Å². The van der Waals surface area contributed by atoms with Crippen LogP contribution < -0.4 is 4.74 Å². The van der Waals surface area contributed by atoms with Crippen molar-refractivity contribution in [1.82, 2.24) is 4.98 Å². The van der Waals surface area contributed by atoms with E-state index in [1.807, 2.05) is 18.3 Å². The highest BCUT2D eigenvalue weighted by atomic mass is 16.7. The van der Waals surface area contributed by atoms with Gasteiger partial charge in [0.15, 0.2) is 5.79 Å². The lowest BCUT2D eigenvalue weighted by Gasteiger charge is -2.35. The summed E-state index contributed by atoms with van der Waals surface area (Å²) in [4.78, 5) is 4.48. The number of aromatic nitrogens is 1. The zero-order valence-electron chi connectivity index (χ0n) is 12.9. The average molecular weight is 299 g/mol. The highest BCUT2D eigenvalue weighted by molar-refractivity contribution is 5.84. The predicted molar refractivity (Wildman–Crippen MR) is 84.1 cm³/mol. The molecule has 1 spiro atoms. The van der Waals surface area contributed by atoms with E-state index in [-0.39, 0.29) is 5.79 Å². The second kappa shape index (κ2) is 5.52. The molecule has 2 aliphatic rings. The Labute approximate surface area is 130 Å². The molecule has 0 N–H and O–H groups in total. The lowest BCUT2D eigenvalue weighted by atomic mass is 9.80. The van der Waals surface area contributed by atoms with Gasteiger partial charge in [0, 0.05) is 24.4 Å². The van der Waals surface area contributed by atoms with Gasteiger partial charge in [-0.3, -0.25) is 4.98 Å². The summed E-state index contributed by atoms with van der Waals surface area (Å²) in [6.45, 7) is 1.47. The third-order valence-corrected chi connectivity index (χ3v) is 4.98. The largest absolute Gasteiger partial charge is 0.497 e. The molecule has 0 radical (unpaired) electrons. The minimum atomic E-state index is -0.295. The third-order valence-electron chi connectivity index (χ3n) is 4.98. The summed E-state index contributed by atoms with van der Waals surface area (Å²) >= 11 is 0. The van der Waals surface area contributed by atoms with Crippen molar-refractivity contribution >= 4 is 10.9 Å². The molecule has 116 valence electrons. The smallest absolute Gasteiger partial charge is 0.168 e. The van der Waals surface area contributed by atoms with Crippen LogP contribution in [0.4, 0.5) is 0 Å². The van der Waals surface area contributed by atoms with E-state index in [0.29, 0.717) is 5.92 Å². The van der Waals surface area contributed by atoms with Crippen molar-refractivity contribution in [3.63, 3.8) is 0 Å². The van der Waals surface area contributed by atoms with Gasteiger partial charge in [-0.2, -0.15) is 0 Å². The summed E-state index contributed by atoms with van der Waals surface area (Å²) < 4.78 is 17.0. The number of methoxy groups -OCH3 is 1. The van der Waals surface area contributed by atoms with Crippen LogP contribution >= 0.6 is 0 Å². The molecule has 1 aliphatic carbocycles. The van der Waals surface area contributed by atoms with Gasteiger partial charge in [0.05, 0.1) is 25.8 Å². The third kappa shape index (κ3) is 2.36. The zero-order chi connectivity index (χ0) is 15.0. The molecular formula is C18H21NO3. The number of fused-ring (bicyclic) bond motifs is 1. The van der Waals surface area contributed by atoms with Crippen molar-refractivity contribution in [3.05, 3.63) is 36.0 Å². The molecule has 1 saturated heterocycles. The lowest BCUT2D eigenvalue weighted by molar-refractivity contribution is -0.178. The molecule has 2 heterocycles. The Balaban J connectivity index is 1.64. The molecule has 4 heteroatoms. The number of pyridine rings is 1. The molecule has 0 amide bonds. The Bertz CT molecular complexity index is 669. The fourth-order valence-corrected chi connectivity index (χ4v) is 3.78. The van der Waals surface area contributed by atoms with Crippen LogP contribution in [0.3, 0.4) is 0 Å². The molecule has 0 bridgehead atoms. The summed E-state index contributed by atoms with van der Waals surface area (Å²) in [5, 5.41) is 1.20. The monoisotopic (exact) mass is 299 g/mol. The van der Waals surface area contributed by atoms with E-state index in [1.165, 1.54) is 10.9 Å². The fraction of sp³-hybridized carbons (Fsp3) is 0.500. The van der Waals surface area contributed by atoms with Crippen molar-refractivity contribution in [2.24, 2.45) is 0 Å². The van der Waals surface area contributed by atoms with E-state index < -0.39 is 0 Å². The normalized spacial score (nSPS) is 21.5. The van der Waals surface area contributed by atoms with Crippen LogP contribution in [-0.2, 0) is 9.47 Å². The van der Waals surface area contributed by atoms with Gasteiger partial charge in [-0.25, -0.2) is 0 Å². The zero-order valence-corrected chi connectivity index (χ0v) is 12.9. The van der Waals surface area contributed by atoms with Gasteiger partial charge in [-0.05, 0) is 48.6 Å². The molecule has 22 heavy (non-hydrogen) atoms. The van der Waals surface area contributed by atoms with Crippen LogP contribution in [0.15, 0.2) is 30.5 Å². The first-order valence-corrected chi connectivity index (χ1v) is 8.00. The summed E-state index contributed by atoms with van der Waals surface area (Å²) in [6, 6.07) is 8.26. The summed E-state index contributed by atoms with van der Waals surface area (Å²) in [7, 11) is 1.70. The quantitative estimate of drug-likeness (QED) is 0.849. The van der Waals surface area contributed by atoms with Crippen LogP contribution in [0.5, 0.6) is 5.75 Å². The van der Waals surface area contributed by atoms with Gasteiger partial charge in [-0.15, -0.1) is 0 Å². The number of hydrogen-bond donors (Lipinski definition) is 0. The van der Waals surface area contributed by atoms with Crippen LogP contribution in [0, 0.1) is 0 Å². The van der Waals surface area contributed by atoms with E-state index in [4.69, 9.17) is 14.2 Å². The van der Waals surface area contributed by atoms with E-state index in [2.05, 4.69) is 17.1 Å². The number of benzene rings is 1. The van der Waals surface area contributed by atoms with Gasteiger partial charge < -0.3 is 14.2 Å². The maximum atomic E-state index is 5.84. The van der Waals surface area contributed by atoms with Crippen LogP contribution in [-0.4, -0.2) is 31.1 Å². The predicted octanol–water partition coefficient (Wildman–Crippen LogP) is 3.64. The van der Waals surface area contributed by atoms with Crippen molar-refractivity contribution in [1.29, 1.82) is 0 Å². The molecule has 0 unspecified atom stereocenters. The first kappa shape index (κ1) is 14.0. The number of hydrogen-bond acceptors (Lipinski definition) is 4. The maximum absolute atomic E-state index is 5.84. The minimum Gasteiger partial charge on any atom is -0.497 e. The Morgan fingerprint density at radius 2 is 1.91 bits per heavy atom. The standard InChI is InChI=1S/C18H21NO3/c1-20-14-2-3-17-16(12-14)15(6-9-19-17)13-4-7-18(8-5-13)21-10-11-22-18/h2-3,6,9,12-13H,4-5,7-8,10-11H2,1H3. The number of ether oxygens (including phenoxy) is 3. The molecule has 4 rings (SSSR count). The molecule has 2 fully saturated rings. The molecule has 1 aliphatic heterocycles. The van der Waals surface area contributed by atoms with E-state index in [0.717, 1.165) is 50.2 Å². The highest BCUT2D eigenvalue weighted by Gasteiger charge is 2.40. The highest BCUT2D eigenvalue weighted by Crippen LogP contribution is 2.43. The second-order valence-corrected chi connectivity index (χ2v) is 6.17. The van der Waals surface area contributed by atoms with Crippen LogP contribution in [0.2, 0.25) is 0 Å². The van der Waals surface area contributed by atoms with Crippen molar-refractivity contribution < 1.29 is 14.2 Å². The van der Waals surface area contributed by atoms with Crippen molar-refractivity contribution in [2.45, 2.75) is 37.4 Å². The van der Waals surface area contributed by atoms with E-state index >= 15 is 0 Å².